The molecule has 2 heterocycles. The van der Waals surface area contributed by atoms with E-state index in [-0.39, 0.29) is 11.6 Å². The Kier molecular flexibility index (Phi) is 5.95. The smallest absolute Gasteiger partial charge is 0.274 e. The number of ether oxygens (including phenoxy) is 1. The monoisotopic (exact) mass is 330 g/mol. The number of nitrogens with one attached hydrogen (secondary N) is 2. The topological polar surface area (TPSA) is 80.6 Å². The van der Waals surface area contributed by atoms with Crippen LogP contribution in [-0.4, -0.2) is 28.7 Å². The molecule has 2 aromatic rings. The third kappa shape index (κ3) is 4.94. The molecule has 0 aromatic carbocycles. The van der Waals surface area contributed by atoms with E-state index in [0.29, 0.717) is 25.5 Å². The minimum absolute atomic E-state index is 0.0683. The second-order valence-corrected chi connectivity index (χ2v) is 6.82. The van der Waals surface area contributed by atoms with E-state index < -0.39 is 10.0 Å². The van der Waals surface area contributed by atoms with E-state index in [9.17, 15) is 8.42 Å². The maximum atomic E-state index is 12.1. The Morgan fingerprint density at radius 1 is 1.29 bits per heavy atom. The Balaban J connectivity index is 1.89. The molecule has 0 aliphatic rings. The molecular formula is C13H18N2O4S2. The van der Waals surface area contributed by atoms with Crippen LogP contribution in [0.25, 0.3) is 0 Å². The highest BCUT2D eigenvalue weighted by Crippen LogP contribution is 2.14. The Morgan fingerprint density at radius 2 is 2.14 bits per heavy atom. The minimum atomic E-state index is -3.62. The first-order chi connectivity index (χ1) is 10.1. The summed E-state index contributed by atoms with van der Waals surface area (Å²) in [5.41, 5.74) is 0.927. The van der Waals surface area contributed by atoms with Gasteiger partial charge in [0.05, 0.1) is 13.2 Å². The molecule has 2 aromatic heterocycles. The van der Waals surface area contributed by atoms with Gasteiger partial charge >= 0.3 is 0 Å². The van der Waals surface area contributed by atoms with E-state index in [4.69, 9.17) is 9.15 Å². The van der Waals surface area contributed by atoms with Crippen molar-refractivity contribution >= 4 is 21.4 Å². The molecule has 0 radical (unpaired) electrons. The van der Waals surface area contributed by atoms with E-state index >= 15 is 0 Å². The summed E-state index contributed by atoms with van der Waals surface area (Å²) in [7, 11) is -1.99. The van der Waals surface area contributed by atoms with E-state index in [1.165, 1.54) is 17.4 Å². The largest absolute Gasteiger partial charge is 0.447 e. The SMILES string of the molecule is COCCNCc1ccc(S(=O)(=O)NCc2ccsc2)o1. The second-order valence-electron chi connectivity index (χ2n) is 4.35. The number of thiophene rings is 1. The Morgan fingerprint density at radius 3 is 2.86 bits per heavy atom. The first-order valence-corrected chi connectivity index (χ1v) is 8.83. The third-order valence-electron chi connectivity index (χ3n) is 2.73. The first kappa shape index (κ1) is 16.2. The third-order valence-corrected chi connectivity index (χ3v) is 4.74. The zero-order valence-electron chi connectivity index (χ0n) is 11.7. The van der Waals surface area contributed by atoms with Gasteiger partial charge in [-0.2, -0.15) is 11.3 Å². The molecule has 0 aliphatic heterocycles. The maximum absolute atomic E-state index is 12.1. The molecule has 0 fully saturated rings. The molecule has 0 unspecified atom stereocenters. The van der Waals surface area contributed by atoms with E-state index in [2.05, 4.69) is 10.0 Å². The summed E-state index contributed by atoms with van der Waals surface area (Å²) >= 11 is 1.53. The van der Waals surface area contributed by atoms with Crippen LogP contribution >= 0.6 is 11.3 Å². The van der Waals surface area contributed by atoms with Crippen molar-refractivity contribution in [2.45, 2.75) is 18.2 Å². The lowest BCUT2D eigenvalue weighted by molar-refractivity contribution is 0.198. The van der Waals surface area contributed by atoms with Crippen LogP contribution in [-0.2, 0) is 27.8 Å². The molecule has 0 aliphatic carbocycles. The van der Waals surface area contributed by atoms with Crippen LogP contribution < -0.4 is 10.0 Å². The van der Waals surface area contributed by atoms with Gasteiger partial charge in [0.1, 0.15) is 5.76 Å². The van der Waals surface area contributed by atoms with Crippen molar-refractivity contribution in [3.05, 3.63) is 40.3 Å². The standard InChI is InChI=1S/C13H18N2O4S2/c1-18-6-5-14-9-12-2-3-13(19-12)21(16,17)15-8-11-4-7-20-10-11/h2-4,7,10,14-15H,5-6,8-9H2,1H3. The zero-order valence-corrected chi connectivity index (χ0v) is 13.3. The number of methoxy groups -OCH3 is 1. The average molecular weight is 330 g/mol. The Labute approximate surface area is 128 Å². The van der Waals surface area contributed by atoms with Gasteiger partial charge in [-0.25, -0.2) is 13.1 Å². The molecule has 6 nitrogen and oxygen atoms in total. The second kappa shape index (κ2) is 7.71. The van der Waals surface area contributed by atoms with Crippen molar-refractivity contribution in [3.63, 3.8) is 0 Å². The number of hydrogen-bond donors (Lipinski definition) is 2. The average Bonchev–Trinajstić information content (AvgIpc) is 3.13. The molecule has 0 saturated heterocycles. The van der Waals surface area contributed by atoms with Gasteiger partial charge in [0.25, 0.3) is 10.0 Å². The summed E-state index contributed by atoms with van der Waals surface area (Å²) in [6.45, 7) is 1.99. The van der Waals surface area contributed by atoms with Crippen LogP contribution in [0.4, 0.5) is 0 Å². The summed E-state index contributed by atoms with van der Waals surface area (Å²) in [4.78, 5) is 0. The molecule has 0 amide bonds. The molecular weight excluding hydrogens is 312 g/mol. The molecule has 0 saturated carbocycles. The molecule has 0 atom stereocenters. The van der Waals surface area contributed by atoms with Crippen LogP contribution in [0.2, 0.25) is 0 Å². The summed E-state index contributed by atoms with van der Waals surface area (Å²) in [5, 5.41) is 6.82. The van der Waals surface area contributed by atoms with Crippen molar-refractivity contribution in [3.8, 4) is 0 Å². The number of hydrogen-bond acceptors (Lipinski definition) is 6. The number of rotatable bonds is 9. The summed E-state index contributed by atoms with van der Waals surface area (Å²) in [6, 6.07) is 4.99. The Hall–Kier alpha value is -1.19. The summed E-state index contributed by atoms with van der Waals surface area (Å²) in [6.07, 6.45) is 0. The van der Waals surface area contributed by atoms with E-state index in [1.54, 1.807) is 13.2 Å². The summed E-state index contributed by atoms with van der Waals surface area (Å²) < 4.78 is 36.9. The molecule has 0 bridgehead atoms. The van der Waals surface area contributed by atoms with Gasteiger partial charge in [-0.1, -0.05) is 0 Å². The normalized spacial score (nSPS) is 11.9. The van der Waals surface area contributed by atoms with Gasteiger partial charge in [-0.15, -0.1) is 0 Å². The minimum Gasteiger partial charge on any atom is -0.447 e. The Bertz CT molecular complexity index is 635. The number of sulfonamides is 1. The van der Waals surface area contributed by atoms with Crippen LogP contribution in [0, 0.1) is 0 Å². The highest BCUT2D eigenvalue weighted by molar-refractivity contribution is 7.89. The lowest BCUT2D eigenvalue weighted by atomic mass is 10.4. The molecule has 116 valence electrons. The van der Waals surface area contributed by atoms with Gasteiger partial charge < -0.3 is 14.5 Å². The molecule has 2 N–H and O–H groups in total. The van der Waals surface area contributed by atoms with Crippen molar-refractivity contribution in [1.29, 1.82) is 0 Å². The van der Waals surface area contributed by atoms with Crippen LogP contribution in [0.5, 0.6) is 0 Å². The zero-order chi connectivity index (χ0) is 15.1. The van der Waals surface area contributed by atoms with Crippen molar-refractivity contribution < 1.29 is 17.6 Å². The number of furan rings is 1. The van der Waals surface area contributed by atoms with Crippen molar-refractivity contribution in [1.82, 2.24) is 10.0 Å². The lowest BCUT2D eigenvalue weighted by Crippen LogP contribution is -2.22. The predicted molar refractivity (Wildman–Crippen MR) is 80.6 cm³/mol. The fourth-order valence-corrected chi connectivity index (χ4v) is 3.26. The lowest BCUT2D eigenvalue weighted by Gasteiger charge is -2.03. The highest BCUT2D eigenvalue weighted by Gasteiger charge is 2.18. The summed E-state index contributed by atoms with van der Waals surface area (Å²) in [5.74, 6) is 0.571. The van der Waals surface area contributed by atoms with Gasteiger partial charge in [-0.05, 0) is 34.5 Å². The fraction of sp³-hybridized carbons (Fsp3) is 0.385. The predicted octanol–water partition coefficient (Wildman–Crippen LogP) is 1.56. The van der Waals surface area contributed by atoms with Crippen molar-refractivity contribution in [2.75, 3.05) is 20.3 Å². The molecule has 0 spiro atoms. The van der Waals surface area contributed by atoms with Crippen LogP contribution in [0.15, 0.2) is 38.5 Å². The van der Waals surface area contributed by atoms with Crippen molar-refractivity contribution in [2.24, 2.45) is 0 Å². The van der Waals surface area contributed by atoms with Gasteiger partial charge in [-0.3, -0.25) is 0 Å². The van der Waals surface area contributed by atoms with Gasteiger partial charge in [0, 0.05) is 20.2 Å². The van der Waals surface area contributed by atoms with E-state index in [0.717, 1.165) is 5.56 Å². The quantitative estimate of drug-likeness (QED) is 0.682. The fourth-order valence-electron chi connectivity index (χ4n) is 1.63. The first-order valence-electron chi connectivity index (χ1n) is 6.41. The highest BCUT2D eigenvalue weighted by atomic mass is 32.2. The molecule has 21 heavy (non-hydrogen) atoms. The van der Waals surface area contributed by atoms with Gasteiger partial charge in [0.15, 0.2) is 0 Å². The van der Waals surface area contributed by atoms with Crippen LogP contribution in [0.3, 0.4) is 0 Å². The van der Waals surface area contributed by atoms with Gasteiger partial charge in [0.2, 0.25) is 5.09 Å². The molecule has 8 heteroatoms. The maximum Gasteiger partial charge on any atom is 0.274 e. The molecule has 2 rings (SSSR count). The van der Waals surface area contributed by atoms with Crippen LogP contribution in [0.1, 0.15) is 11.3 Å². The van der Waals surface area contributed by atoms with E-state index in [1.807, 2.05) is 16.8 Å².